The van der Waals surface area contributed by atoms with Gasteiger partial charge in [0.25, 0.3) is 0 Å². The summed E-state index contributed by atoms with van der Waals surface area (Å²) in [6, 6.07) is 24.1. The Morgan fingerprint density at radius 3 is 2.42 bits per heavy atom. The van der Waals surface area contributed by atoms with Crippen LogP contribution in [0, 0.1) is 5.82 Å². The van der Waals surface area contributed by atoms with Crippen LogP contribution >= 0.6 is 11.6 Å². The van der Waals surface area contributed by atoms with Gasteiger partial charge in [0, 0.05) is 21.5 Å². The summed E-state index contributed by atoms with van der Waals surface area (Å²) < 4.78 is 14.4. The standard InChI is InChI=1S/C21H13ClFN/c22-18-7-3-2-6-16(18)15-9-11-19(23)17(13-15)21-12-10-14-5-1-4-8-20(14)24-21/h1-13H. The van der Waals surface area contributed by atoms with Crippen LogP contribution in [-0.2, 0) is 0 Å². The van der Waals surface area contributed by atoms with E-state index in [9.17, 15) is 4.39 Å². The molecule has 3 heteroatoms. The van der Waals surface area contributed by atoms with Crippen molar-refractivity contribution < 1.29 is 4.39 Å². The van der Waals surface area contributed by atoms with E-state index in [2.05, 4.69) is 4.98 Å². The molecule has 4 aromatic rings. The third kappa shape index (κ3) is 2.66. The van der Waals surface area contributed by atoms with Crippen LogP contribution in [0.1, 0.15) is 0 Å². The fourth-order valence-corrected chi connectivity index (χ4v) is 3.05. The van der Waals surface area contributed by atoms with Crippen molar-refractivity contribution in [1.29, 1.82) is 0 Å². The van der Waals surface area contributed by atoms with Gasteiger partial charge in [0.2, 0.25) is 0 Å². The van der Waals surface area contributed by atoms with E-state index < -0.39 is 0 Å². The van der Waals surface area contributed by atoms with E-state index in [0.717, 1.165) is 22.0 Å². The highest BCUT2D eigenvalue weighted by Gasteiger charge is 2.11. The summed E-state index contributed by atoms with van der Waals surface area (Å²) >= 11 is 6.27. The van der Waals surface area contributed by atoms with Crippen molar-refractivity contribution in [2.75, 3.05) is 0 Å². The first-order valence-corrected chi connectivity index (χ1v) is 8.01. The Hall–Kier alpha value is -2.71. The maximum atomic E-state index is 14.4. The molecule has 1 nitrogen and oxygen atoms in total. The molecule has 0 aliphatic carbocycles. The summed E-state index contributed by atoms with van der Waals surface area (Å²) in [5.41, 5.74) is 3.67. The molecule has 0 aliphatic heterocycles. The molecule has 0 spiro atoms. The van der Waals surface area contributed by atoms with E-state index in [1.807, 2.05) is 60.7 Å². The third-order valence-electron chi connectivity index (χ3n) is 4.03. The fourth-order valence-electron chi connectivity index (χ4n) is 2.80. The number of benzene rings is 3. The lowest BCUT2D eigenvalue weighted by Crippen LogP contribution is -1.90. The maximum Gasteiger partial charge on any atom is 0.132 e. The lowest BCUT2D eigenvalue weighted by molar-refractivity contribution is 0.631. The highest BCUT2D eigenvalue weighted by molar-refractivity contribution is 6.33. The summed E-state index contributed by atoms with van der Waals surface area (Å²) in [6.45, 7) is 0. The van der Waals surface area contributed by atoms with Crippen molar-refractivity contribution in [3.05, 3.63) is 89.7 Å². The number of nitrogens with zero attached hydrogens (tertiary/aromatic N) is 1. The number of rotatable bonds is 2. The summed E-state index contributed by atoms with van der Waals surface area (Å²) in [5.74, 6) is -0.298. The number of halogens is 2. The van der Waals surface area contributed by atoms with Crippen molar-refractivity contribution in [1.82, 2.24) is 4.98 Å². The van der Waals surface area contributed by atoms with Crippen LogP contribution in [0.2, 0.25) is 5.02 Å². The van der Waals surface area contributed by atoms with E-state index >= 15 is 0 Å². The number of pyridine rings is 1. The molecule has 116 valence electrons. The van der Waals surface area contributed by atoms with Gasteiger partial charge in [-0.15, -0.1) is 0 Å². The zero-order valence-corrected chi connectivity index (χ0v) is 13.5. The van der Waals surface area contributed by atoms with Crippen molar-refractivity contribution in [2.45, 2.75) is 0 Å². The second kappa shape index (κ2) is 6.06. The molecule has 0 atom stereocenters. The topological polar surface area (TPSA) is 12.9 Å². The summed E-state index contributed by atoms with van der Waals surface area (Å²) in [7, 11) is 0. The molecule has 0 saturated carbocycles. The predicted molar refractivity (Wildman–Crippen MR) is 97.6 cm³/mol. The molecule has 0 amide bonds. The summed E-state index contributed by atoms with van der Waals surface area (Å²) in [5, 5.41) is 1.67. The Balaban J connectivity index is 1.88. The molecule has 0 N–H and O–H groups in total. The molecular weight excluding hydrogens is 321 g/mol. The average molecular weight is 334 g/mol. The van der Waals surface area contributed by atoms with Gasteiger partial charge in [-0.1, -0.05) is 60.1 Å². The maximum absolute atomic E-state index is 14.4. The Labute approximate surface area is 144 Å². The second-order valence-electron chi connectivity index (χ2n) is 5.56. The van der Waals surface area contributed by atoms with Gasteiger partial charge in [0.1, 0.15) is 5.82 Å². The molecular formula is C21H13ClFN. The van der Waals surface area contributed by atoms with Gasteiger partial charge < -0.3 is 0 Å². The van der Waals surface area contributed by atoms with Crippen LogP contribution in [0.15, 0.2) is 78.9 Å². The van der Waals surface area contributed by atoms with Crippen LogP contribution in [0.4, 0.5) is 4.39 Å². The summed E-state index contributed by atoms with van der Waals surface area (Å²) in [6.07, 6.45) is 0. The van der Waals surface area contributed by atoms with E-state index in [1.165, 1.54) is 6.07 Å². The van der Waals surface area contributed by atoms with Crippen LogP contribution in [-0.4, -0.2) is 4.98 Å². The lowest BCUT2D eigenvalue weighted by atomic mass is 10.0. The first-order chi connectivity index (χ1) is 11.7. The molecule has 24 heavy (non-hydrogen) atoms. The molecule has 3 aromatic carbocycles. The molecule has 0 aliphatic rings. The van der Waals surface area contributed by atoms with Gasteiger partial charge in [-0.3, -0.25) is 0 Å². The normalized spacial score (nSPS) is 10.9. The van der Waals surface area contributed by atoms with Gasteiger partial charge in [0.15, 0.2) is 0 Å². The highest BCUT2D eigenvalue weighted by Crippen LogP contribution is 2.32. The number of para-hydroxylation sites is 1. The Kier molecular flexibility index (Phi) is 3.75. The molecule has 1 heterocycles. The first kappa shape index (κ1) is 14.9. The van der Waals surface area contributed by atoms with Crippen molar-refractivity contribution in [3.8, 4) is 22.4 Å². The largest absolute Gasteiger partial charge is 0.248 e. The van der Waals surface area contributed by atoms with Gasteiger partial charge in [0.05, 0.1) is 11.2 Å². The lowest BCUT2D eigenvalue weighted by Gasteiger charge is -2.09. The zero-order valence-electron chi connectivity index (χ0n) is 12.7. The van der Waals surface area contributed by atoms with Gasteiger partial charge in [-0.05, 0) is 35.9 Å². The van der Waals surface area contributed by atoms with E-state index in [-0.39, 0.29) is 5.82 Å². The second-order valence-corrected chi connectivity index (χ2v) is 5.97. The number of hydrogen-bond acceptors (Lipinski definition) is 1. The van der Waals surface area contributed by atoms with Crippen LogP contribution in [0.5, 0.6) is 0 Å². The zero-order chi connectivity index (χ0) is 16.5. The smallest absolute Gasteiger partial charge is 0.132 e. The van der Waals surface area contributed by atoms with E-state index in [4.69, 9.17) is 11.6 Å². The quantitative estimate of drug-likeness (QED) is 0.416. The SMILES string of the molecule is Fc1ccc(-c2ccccc2Cl)cc1-c1ccc2ccccc2n1. The summed E-state index contributed by atoms with van der Waals surface area (Å²) in [4.78, 5) is 4.59. The van der Waals surface area contributed by atoms with Crippen LogP contribution in [0.3, 0.4) is 0 Å². The fraction of sp³-hybridized carbons (Fsp3) is 0. The Morgan fingerprint density at radius 2 is 1.54 bits per heavy atom. The van der Waals surface area contributed by atoms with Gasteiger partial charge in [-0.2, -0.15) is 0 Å². The highest BCUT2D eigenvalue weighted by atomic mass is 35.5. The minimum atomic E-state index is -0.298. The van der Waals surface area contributed by atoms with Crippen molar-refractivity contribution in [3.63, 3.8) is 0 Å². The molecule has 0 saturated heterocycles. The third-order valence-corrected chi connectivity index (χ3v) is 4.36. The predicted octanol–water partition coefficient (Wildman–Crippen LogP) is 6.36. The molecule has 0 bridgehead atoms. The molecule has 0 fully saturated rings. The minimum absolute atomic E-state index is 0.298. The minimum Gasteiger partial charge on any atom is -0.248 e. The number of aromatic nitrogens is 1. The van der Waals surface area contributed by atoms with Crippen molar-refractivity contribution >= 4 is 22.5 Å². The van der Waals surface area contributed by atoms with E-state index in [1.54, 1.807) is 12.1 Å². The Morgan fingerprint density at radius 1 is 0.750 bits per heavy atom. The van der Waals surface area contributed by atoms with Gasteiger partial charge in [-0.25, -0.2) is 9.37 Å². The molecule has 0 radical (unpaired) electrons. The van der Waals surface area contributed by atoms with Crippen LogP contribution < -0.4 is 0 Å². The molecule has 0 unspecified atom stereocenters. The van der Waals surface area contributed by atoms with E-state index in [0.29, 0.717) is 16.3 Å². The first-order valence-electron chi connectivity index (χ1n) is 7.63. The Bertz CT molecular complexity index is 1040. The number of hydrogen-bond donors (Lipinski definition) is 0. The molecule has 1 aromatic heterocycles. The van der Waals surface area contributed by atoms with Gasteiger partial charge >= 0.3 is 0 Å². The average Bonchev–Trinajstić information content (AvgIpc) is 2.62. The molecule has 4 rings (SSSR count). The monoisotopic (exact) mass is 333 g/mol. The van der Waals surface area contributed by atoms with Crippen LogP contribution in [0.25, 0.3) is 33.3 Å². The number of fused-ring (bicyclic) bond motifs is 1. The van der Waals surface area contributed by atoms with Crippen molar-refractivity contribution in [2.24, 2.45) is 0 Å².